The SMILES string of the molecule is COc1ccc(OCC(=O)Nc2ccc(C(=O)NCCc3cccc4[nH]ccc34)cc2)cc1. The van der Waals surface area contributed by atoms with E-state index in [1.165, 1.54) is 10.9 Å². The molecule has 4 aromatic rings. The zero-order valence-electron chi connectivity index (χ0n) is 18.3. The fourth-order valence-corrected chi connectivity index (χ4v) is 3.50. The maximum atomic E-state index is 12.5. The Bertz CT molecular complexity index is 1230. The van der Waals surface area contributed by atoms with Crippen molar-refractivity contribution in [2.75, 3.05) is 25.6 Å². The van der Waals surface area contributed by atoms with Gasteiger partial charge in [0.05, 0.1) is 7.11 Å². The third kappa shape index (κ3) is 5.71. The number of nitrogens with one attached hydrogen (secondary N) is 3. The Labute approximate surface area is 191 Å². The molecule has 7 nitrogen and oxygen atoms in total. The van der Waals surface area contributed by atoms with Crippen molar-refractivity contribution >= 4 is 28.4 Å². The number of carbonyl (C=O) groups excluding carboxylic acids is 2. The first kappa shape index (κ1) is 22.0. The van der Waals surface area contributed by atoms with Gasteiger partial charge in [0.25, 0.3) is 11.8 Å². The van der Waals surface area contributed by atoms with Gasteiger partial charge in [-0.05, 0) is 72.6 Å². The second-order valence-corrected chi connectivity index (χ2v) is 7.45. The molecule has 0 aliphatic carbocycles. The van der Waals surface area contributed by atoms with E-state index in [9.17, 15) is 9.59 Å². The molecule has 1 heterocycles. The molecule has 168 valence electrons. The van der Waals surface area contributed by atoms with Gasteiger partial charge in [-0.15, -0.1) is 0 Å². The molecule has 0 aliphatic rings. The van der Waals surface area contributed by atoms with E-state index in [0.717, 1.165) is 11.9 Å². The smallest absolute Gasteiger partial charge is 0.262 e. The van der Waals surface area contributed by atoms with Gasteiger partial charge in [0.1, 0.15) is 11.5 Å². The molecule has 0 saturated carbocycles. The van der Waals surface area contributed by atoms with Gasteiger partial charge >= 0.3 is 0 Å². The van der Waals surface area contributed by atoms with E-state index >= 15 is 0 Å². The number of anilines is 1. The normalized spacial score (nSPS) is 10.6. The van der Waals surface area contributed by atoms with E-state index in [1.54, 1.807) is 55.6 Å². The van der Waals surface area contributed by atoms with Crippen LogP contribution in [0.1, 0.15) is 15.9 Å². The van der Waals surface area contributed by atoms with Crippen molar-refractivity contribution in [1.29, 1.82) is 0 Å². The third-order valence-electron chi connectivity index (χ3n) is 5.23. The number of rotatable bonds is 9. The number of ether oxygens (including phenoxy) is 2. The Morgan fingerprint density at radius 1 is 0.909 bits per heavy atom. The van der Waals surface area contributed by atoms with Crippen LogP contribution in [0.25, 0.3) is 10.9 Å². The topological polar surface area (TPSA) is 92.4 Å². The van der Waals surface area contributed by atoms with Crippen molar-refractivity contribution in [2.45, 2.75) is 6.42 Å². The van der Waals surface area contributed by atoms with E-state index in [2.05, 4.69) is 21.7 Å². The van der Waals surface area contributed by atoms with Crippen molar-refractivity contribution in [3.8, 4) is 11.5 Å². The van der Waals surface area contributed by atoms with Gasteiger partial charge in [-0.2, -0.15) is 0 Å². The van der Waals surface area contributed by atoms with Gasteiger partial charge in [0, 0.05) is 34.9 Å². The van der Waals surface area contributed by atoms with E-state index in [0.29, 0.717) is 29.3 Å². The van der Waals surface area contributed by atoms with Crippen LogP contribution in [-0.2, 0) is 11.2 Å². The predicted octanol–water partition coefficient (Wildman–Crippen LogP) is 4.17. The van der Waals surface area contributed by atoms with Gasteiger partial charge in [0.15, 0.2) is 6.61 Å². The number of aromatic nitrogens is 1. The molecule has 3 aromatic carbocycles. The summed E-state index contributed by atoms with van der Waals surface area (Å²) < 4.78 is 10.6. The maximum Gasteiger partial charge on any atom is 0.262 e. The minimum atomic E-state index is -0.290. The van der Waals surface area contributed by atoms with Crippen LogP contribution in [0.15, 0.2) is 79.0 Å². The Hall–Kier alpha value is -4.26. The van der Waals surface area contributed by atoms with Crippen molar-refractivity contribution < 1.29 is 19.1 Å². The minimum absolute atomic E-state index is 0.123. The molecule has 4 rings (SSSR count). The molecule has 0 aliphatic heterocycles. The molecule has 0 fully saturated rings. The minimum Gasteiger partial charge on any atom is -0.497 e. The summed E-state index contributed by atoms with van der Waals surface area (Å²) in [6.07, 6.45) is 2.65. The first-order valence-corrected chi connectivity index (χ1v) is 10.6. The van der Waals surface area contributed by atoms with Crippen LogP contribution < -0.4 is 20.1 Å². The zero-order valence-corrected chi connectivity index (χ0v) is 18.3. The predicted molar refractivity (Wildman–Crippen MR) is 128 cm³/mol. The van der Waals surface area contributed by atoms with Crippen LogP contribution in [0.4, 0.5) is 5.69 Å². The Kier molecular flexibility index (Phi) is 6.90. The van der Waals surface area contributed by atoms with Crippen molar-refractivity contribution in [3.63, 3.8) is 0 Å². The molecule has 0 radical (unpaired) electrons. The fraction of sp³-hybridized carbons (Fsp3) is 0.154. The van der Waals surface area contributed by atoms with E-state index in [1.807, 2.05) is 24.4 Å². The quantitative estimate of drug-likeness (QED) is 0.362. The summed E-state index contributed by atoms with van der Waals surface area (Å²) >= 11 is 0. The van der Waals surface area contributed by atoms with Crippen LogP contribution in [-0.4, -0.2) is 37.1 Å². The highest BCUT2D eigenvalue weighted by Crippen LogP contribution is 2.18. The lowest BCUT2D eigenvalue weighted by Gasteiger charge is -2.09. The molecule has 33 heavy (non-hydrogen) atoms. The molecule has 0 atom stereocenters. The Morgan fingerprint density at radius 2 is 1.67 bits per heavy atom. The maximum absolute atomic E-state index is 12.5. The van der Waals surface area contributed by atoms with Gasteiger partial charge in [-0.1, -0.05) is 12.1 Å². The second-order valence-electron chi connectivity index (χ2n) is 7.45. The summed E-state index contributed by atoms with van der Waals surface area (Å²) in [5.74, 6) is 0.846. The highest BCUT2D eigenvalue weighted by atomic mass is 16.5. The first-order valence-electron chi connectivity index (χ1n) is 10.6. The van der Waals surface area contributed by atoms with Crippen molar-refractivity contribution in [2.24, 2.45) is 0 Å². The summed E-state index contributed by atoms with van der Waals surface area (Å²) in [5.41, 5.74) is 3.39. The highest BCUT2D eigenvalue weighted by Gasteiger charge is 2.08. The number of hydrogen-bond donors (Lipinski definition) is 3. The summed E-state index contributed by atoms with van der Waals surface area (Å²) in [5, 5.41) is 6.87. The Morgan fingerprint density at radius 3 is 2.42 bits per heavy atom. The number of aromatic amines is 1. The van der Waals surface area contributed by atoms with Crippen LogP contribution >= 0.6 is 0 Å². The van der Waals surface area contributed by atoms with Crippen LogP contribution in [0.5, 0.6) is 11.5 Å². The lowest BCUT2D eigenvalue weighted by atomic mass is 10.1. The molecule has 0 saturated heterocycles. The number of methoxy groups -OCH3 is 1. The van der Waals surface area contributed by atoms with E-state index < -0.39 is 0 Å². The molecule has 3 N–H and O–H groups in total. The highest BCUT2D eigenvalue weighted by molar-refractivity contribution is 5.96. The molecule has 1 aromatic heterocycles. The number of hydrogen-bond acceptors (Lipinski definition) is 4. The molecule has 0 bridgehead atoms. The molecular weight excluding hydrogens is 418 g/mol. The van der Waals surface area contributed by atoms with E-state index in [-0.39, 0.29) is 18.4 Å². The molecule has 0 spiro atoms. The Balaban J connectivity index is 1.23. The summed E-state index contributed by atoms with van der Waals surface area (Å²) in [6.45, 7) is 0.410. The average molecular weight is 444 g/mol. The first-order chi connectivity index (χ1) is 16.1. The zero-order chi connectivity index (χ0) is 23.0. The fourth-order valence-electron chi connectivity index (χ4n) is 3.50. The monoisotopic (exact) mass is 443 g/mol. The lowest BCUT2D eigenvalue weighted by molar-refractivity contribution is -0.118. The molecule has 7 heteroatoms. The van der Waals surface area contributed by atoms with Crippen LogP contribution in [0, 0.1) is 0 Å². The lowest BCUT2D eigenvalue weighted by Crippen LogP contribution is -2.25. The summed E-state index contributed by atoms with van der Waals surface area (Å²) in [6, 6.07) is 21.9. The number of carbonyl (C=O) groups is 2. The molecule has 0 unspecified atom stereocenters. The van der Waals surface area contributed by atoms with Crippen LogP contribution in [0.2, 0.25) is 0 Å². The number of fused-ring (bicyclic) bond motifs is 1. The van der Waals surface area contributed by atoms with Gasteiger partial charge in [-0.25, -0.2) is 0 Å². The number of amides is 2. The average Bonchev–Trinajstić information content (AvgIpc) is 3.33. The molecular formula is C26H25N3O4. The van der Waals surface area contributed by atoms with E-state index in [4.69, 9.17) is 9.47 Å². The van der Waals surface area contributed by atoms with Crippen molar-refractivity contribution in [1.82, 2.24) is 10.3 Å². The second kappa shape index (κ2) is 10.4. The molecule has 2 amide bonds. The standard InChI is InChI=1S/C26H25N3O4/c1-32-21-9-11-22(12-10-21)33-17-25(30)29-20-7-5-19(6-8-20)26(31)28-15-13-18-3-2-4-24-23(18)14-16-27-24/h2-12,14,16,27H,13,15,17H2,1H3,(H,28,31)(H,29,30). The van der Waals surface area contributed by atoms with Gasteiger partial charge in [0.2, 0.25) is 0 Å². The van der Waals surface area contributed by atoms with Gasteiger partial charge in [-0.3, -0.25) is 9.59 Å². The van der Waals surface area contributed by atoms with Crippen LogP contribution in [0.3, 0.4) is 0 Å². The largest absolute Gasteiger partial charge is 0.497 e. The number of benzene rings is 3. The third-order valence-corrected chi connectivity index (χ3v) is 5.23. The summed E-state index contributed by atoms with van der Waals surface area (Å²) in [7, 11) is 1.59. The summed E-state index contributed by atoms with van der Waals surface area (Å²) in [4.78, 5) is 27.8. The number of H-pyrrole nitrogens is 1. The van der Waals surface area contributed by atoms with Gasteiger partial charge < -0.3 is 25.1 Å². The van der Waals surface area contributed by atoms with Crippen molar-refractivity contribution in [3.05, 3.63) is 90.1 Å².